The number of carbonyl (C=O) groups excluding carboxylic acids is 3. The van der Waals surface area contributed by atoms with Crippen molar-refractivity contribution in [2.75, 3.05) is 53.0 Å². The molecule has 12 heteroatoms. The lowest BCUT2D eigenvalue weighted by Gasteiger charge is -2.47. The molecule has 1 atom stereocenters. The van der Waals surface area contributed by atoms with Crippen LogP contribution in [0.1, 0.15) is 32.9 Å². The predicted octanol–water partition coefficient (Wildman–Crippen LogP) is 2.81. The highest BCUT2D eigenvalue weighted by Gasteiger charge is 2.58. The van der Waals surface area contributed by atoms with Crippen LogP contribution in [0.15, 0.2) is 65.3 Å². The number of nitrogens with zero attached hydrogens (tertiary/aromatic N) is 4. The average molecular weight is 600 g/mol. The molecule has 4 amide bonds. The minimum absolute atomic E-state index is 0.168. The van der Waals surface area contributed by atoms with E-state index in [0.29, 0.717) is 36.8 Å². The second-order valence-electron chi connectivity index (χ2n) is 11.4. The molecule has 7 rings (SSSR count). The van der Waals surface area contributed by atoms with Crippen molar-refractivity contribution in [2.45, 2.75) is 18.5 Å². The fourth-order valence-electron chi connectivity index (χ4n) is 6.75. The number of morpholine rings is 1. The Labute approximate surface area is 253 Å². The van der Waals surface area contributed by atoms with Crippen LogP contribution >= 0.6 is 0 Å². The summed E-state index contributed by atoms with van der Waals surface area (Å²) >= 11 is 0. The van der Waals surface area contributed by atoms with E-state index in [1.807, 2.05) is 30.3 Å². The lowest BCUT2D eigenvalue weighted by Crippen LogP contribution is -2.65. The van der Waals surface area contributed by atoms with Crippen LogP contribution in [-0.2, 0) is 28.0 Å². The number of aromatic nitrogens is 1. The number of rotatable bonds is 8. The number of amides is 4. The van der Waals surface area contributed by atoms with Gasteiger partial charge in [-0.1, -0.05) is 12.1 Å². The smallest absolute Gasteiger partial charge is 0.326 e. The van der Waals surface area contributed by atoms with Gasteiger partial charge in [-0.15, -0.1) is 0 Å². The molecule has 3 aliphatic rings. The monoisotopic (exact) mass is 599 g/mol. The topological polar surface area (TPSA) is 130 Å². The number of hydrogen-bond donors (Lipinski definition) is 2. The van der Waals surface area contributed by atoms with Crippen LogP contribution in [-0.4, -0.2) is 95.4 Å². The van der Waals surface area contributed by atoms with Crippen molar-refractivity contribution in [1.29, 1.82) is 0 Å². The molecule has 12 nitrogen and oxygen atoms in total. The average Bonchev–Trinajstić information content (AvgIpc) is 3.71. The maximum Gasteiger partial charge on any atom is 0.326 e. The summed E-state index contributed by atoms with van der Waals surface area (Å²) in [6.45, 7) is 5.38. The zero-order valence-corrected chi connectivity index (χ0v) is 24.3. The van der Waals surface area contributed by atoms with E-state index in [0.717, 1.165) is 60.6 Å². The van der Waals surface area contributed by atoms with E-state index in [4.69, 9.17) is 19.1 Å². The van der Waals surface area contributed by atoms with Gasteiger partial charge in [0.1, 0.15) is 18.1 Å². The predicted molar refractivity (Wildman–Crippen MR) is 158 cm³/mol. The summed E-state index contributed by atoms with van der Waals surface area (Å²) in [5.41, 5.74) is 4.17. The molecule has 1 unspecified atom stereocenters. The van der Waals surface area contributed by atoms with Crippen molar-refractivity contribution in [1.82, 2.24) is 24.7 Å². The fraction of sp³-hybridized carbons (Fsp3) is 0.344. The molecular weight excluding hydrogens is 566 g/mol. The summed E-state index contributed by atoms with van der Waals surface area (Å²) in [5.74, 6) is 0.231. The molecule has 44 heavy (non-hydrogen) atoms. The number of carbonyl (C=O) groups is 3. The molecule has 0 saturated carbocycles. The maximum atomic E-state index is 14.2. The molecule has 2 aromatic heterocycles. The van der Waals surface area contributed by atoms with Crippen LogP contribution in [0.4, 0.5) is 4.79 Å². The van der Waals surface area contributed by atoms with Crippen LogP contribution in [0.5, 0.6) is 5.75 Å². The van der Waals surface area contributed by atoms with E-state index in [2.05, 4.69) is 9.47 Å². The Hall–Kier alpha value is -4.65. The van der Waals surface area contributed by atoms with Crippen LogP contribution < -0.4 is 10.2 Å². The SMILES string of the molecule is CN1C(=O)N2Cc3c(c4cc(OCCN5CCOCC5)ccc4n3Cc3ccc(C(=O)NO)cc3)C(c3ccco3)(C2)C1=O. The molecule has 3 aliphatic heterocycles. The second kappa shape index (κ2) is 11.1. The normalized spacial score (nSPS) is 20.2. The van der Waals surface area contributed by atoms with E-state index in [1.54, 1.807) is 40.9 Å². The minimum atomic E-state index is -1.24. The molecule has 228 valence electrons. The molecule has 5 heterocycles. The van der Waals surface area contributed by atoms with E-state index in [1.165, 1.54) is 11.9 Å². The van der Waals surface area contributed by atoms with Gasteiger partial charge in [0, 0.05) is 67.5 Å². The number of hydroxylamine groups is 1. The van der Waals surface area contributed by atoms with Gasteiger partial charge in [0.2, 0.25) is 0 Å². The zero-order chi connectivity index (χ0) is 30.4. The number of hydrogen-bond acceptors (Lipinski definition) is 8. The number of furan rings is 1. The van der Waals surface area contributed by atoms with E-state index in [9.17, 15) is 14.4 Å². The van der Waals surface area contributed by atoms with Gasteiger partial charge >= 0.3 is 6.03 Å². The van der Waals surface area contributed by atoms with Crippen molar-refractivity contribution in [3.8, 4) is 5.75 Å². The fourth-order valence-corrected chi connectivity index (χ4v) is 6.75. The molecule has 2 bridgehead atoms. The molecule has 2 fully saturated rings. The first-order chi connectivity index (χ1) is 21.4. The summed E-state index contributed by atoms with van der Waals surface area (Å²) in [6, 6.07) is 16.0. The van der Waals surface area contributed by atoms with E-state index < -0.39 is 11.3 Å². The third-order valence-electron chi connectivity index (χ3n) is 8.95. The summed E-state index contributed by atoms with van der Waals surface area (Å²) in [6.07, 6.45) is 1.55. The zero-order valence-electron chi connectivity index (χ0n) is 24.3. The minimum Gasteiger partial charge on any atom is -0.492 e. The highest BCUT2D eigenvalue weighted by Crippen LogP contribution is 2.49. The van der Waals surface area contributed by atoms with Gasteiger partial charge in [0.25, 0.3) is 11.8 Å². The Morgan fingerprint density at radius 3 is 2.61 bits per heavy atom. The number of benzene rings is 2. The molecule has 2 aromatic carbocycles. The Morgan fingerprint density at radius 2 is 1.89 bits per heavy atom. The van der Waals surface area contributed by atoms with E-state index in [-0.39, 0.29) is 18.5 Å². The van der Waals surface area contributed by atoms with Crippen molar-refractivity contribution in [2.24, 2.45) is 0 Å². The number of nitrogens with one attached hydrogen (secondary N) is 1. The van der Waals surface area contributed by atoms with E-state index >= 15 is 0 Å². The van der Waals surface area contributed by atoms with Crippen LogP contribution in [0.3, 0.4) is 0 Å². The van der Waals surface area contributed by atoms with Gasteiger partial charge in [-0.2, -0.15) is 0 Å². The summed E-state index contributed by atoms with van der Waals surface area (Å²) in [5, 5.41) is 9.86. The van der Waals surface area contributed by atoms with Gasteiger partial charge in [0.05, 0.1) is 26.0 Å². The van der Waals surface area contributed by atoms with Gasteiger partial charge < -0.3 is 23.4 Å². The maximum absolute atomic E-state index is 14.2. The Kier molecular flexibility index (Phi) is 7.11. The van der Waals surface area contributed by atoms with Crippen molar-refractivity contribution in [3.63, 3.8) is 0 Å². The Bertz CT molecular complexity index is 1730. The van der Waals surface area contributed by atoms with Crippen molar-refractivity contribution < 1.29 is 33.5 Å². The first-order valence-corrected chi connectivity index (χ1v) is 14.6. The van der Waals surface area contributed by atoms with Crippen LogP contribution in [0, 0.1) is 0 Å². The number of ether oxygens (including phenoxy) is 2. The number of likely N-dealkylation sites (N-methyl/N-ethyl adjacent to an activating group) is 1. The number of urea groups is 1. The van der Waals surface area contributed by atoms with Crippen LogP contribution in [0.25, 0.3) is 10.9 Å². The quantitative estimate of drug-likeness (QED) is 0.234. The van der Waals surface area contributed by atoms with Gasteiger partial charge in [-0.05, 0) is 48.0 Å². The highest BCUT2D eigenvalue weighted by atomic mass is 16.5. The van der Waals surface area contributed by atoms with Gasteiger partial charge in [-0.3, -0.25) is 24.6 Å². The number of fused-ring (bicyclic) bond motifs is 6. The summed E-state index contributed by atoms with van der Waals surface area (Å²) < 4.78 is 19.8. The van der Waals surface area contributed by atoms with Gasteiger partial charge in [0.15, 0.2) is 5.41 Å². The standard InChI is InChI=1S/C32H33N5O7/c1-34-30(39)32(27-3-2-13-44-27)20-36(31(34)40)19-26-28(32)24-17-23(43-16-12-35-10-14-42-15-11-35)8-9-25(24)37(26)18-21-4-6-22(7-5-21)29(38)33-41/h2-9,13,17,41H,10-12,14-16,18-20H2,1H3,(H,33,38). The first kappa shape index (κ1) is 28.1. The number of imide groups is 1. The van der Waals surface area contributed by atoms with Gasteiger partial charge in [-0.25, -0.2) is 10.3 Å². The lowest BCUT2D eigenvalue weighted by molar-refractivity contribution is -0.136. The molecule has 4 aromatic rings. The third-order valence-corrected chi connectivity index (χ3v) is 8.95. The molecule has 2 N–H and O–H groups in total. The third kappa shape index (κ3) is 4.53. The summed E-state index contributed by atoms with van der Waals surface area (Å²) in [4.78, 5) is 44.6. The highest BCUT2D eigenvalue weighted by molar-refractivity contribution is 6.08. The Balaban J connectivity index is 1.35. The molecule has 0 aliphatic carbocycles. The molecule has 2 saturated heterocycles. The first-order valence-electron chi connectivity index (χ1n) is 14.6. The summed E-state index contributed by atoms with van der Waals surface area (Å²) in [7, 11) is 1.52. The van der Waals surface area contributed by atoms with Crippen molar-refractivity contribution in [3.05, 3.63) is 89.0 Å². The second-order valence-corrected chi connectivity index (χ2v) is 11.4. The molecule has 0 spiro atoms. The lowest BCUT2D eigenvalue weighted by atomic mass is 9.71. The van der Waals surface area contributed by atoms with Crippen LogP contribution in [0.2, 0.25) is 0 Å². The molecular formula is C32H33N5O7. The molecule has 0 radical (unpaired) electrons. The van der Waals surface area contributed by atoms with Crippen molar-refractivity contribution >= 4 is 28.7 Å². The largest absolute Gasteiger partial charge is 0.492 e. The Morgan fingerprint density at radius 1 is 1.09 bits per heavy atom.